The number of halogens is 3. The molecule has 0 radical (unpaired) electrons. The van der Waals surface area contributed by atoms with Crippen molar-refractivity contribution in [3.8, 4) is 17.0 Å². The van der Waals surface area contributed by atoms with Gasteiger partial charge in [0, 0.05) is 24.1 Å². The highest BCUT2D eigenvalue weighted by atomic mass is 19.4. The summed E-state index contributed by atoms with van der Waals surface area (Å²) in [4.78, 5) is 17.4. The summed E-state index contributed by atoms with van der Waals surface area (Å²) in [5.74, 6) is 0.456. The van der Waals surface area contributed by atoms with Crippen molar-refractivity contribution in [2.75, 3.05) is 19.7 Å². The number of rotatable bonds is 8. The maximum absolute atomic E-state index is 13.5. The summed E-state index contributed by atoms with van der Waals surface area (Å²) in [7, 11) is 0. The first-order valence-electron chi connectivity index (χ1n) is 11.7. The largest absolute Gasteiger partial charge is 0.494 e. The number of amides is 1. The summed E-state index contributed by atoms with van der Waals surface area (Å²) >= 11 is 0. The zero-order chi connectivity index (χ0) is 24.7. The molecule has 1 aliphatic rings. The fraction of sp³-hybridized carbons (Fsp3) is 0.333. The Hall–Kier alpha value is -3.39. The first kappa shape index (κ1) is 24.7. The van der Waals surface area contributed by atoms with E-state index in [2.05, 4.69) is 15.6 Å². The van der Waals surface area contributed by atoms with Crippen LogP contribution in [-0.2, 0) is 11.0 Å². The predicted molar refractivity (Wildman–Crippen MR) is 128 cm³/mol. The van der Waals surface area contributed by atoms with Gasteiger partial charge in [-0.1, -0.05) is 30.3 Å². The van der Waals surface area contributed by atoms with Gasteiger partial charge in [0.25, 0.3) is 0 Å². The van der Waals surface area contributed by atoms with Crippen LogP contribution < -0.4 is 15.4 Å². The van der Waals surface area contributed by atoms with Gasteiger partial charge in [-0.25, -0.2) is 0 Å². The van der Waals surface area contributed by atoms with E-state index in [1.807, 2.05) is 30.3 Å². The molecule has 1 atom stereocenters. The number of aromatic nitrogens is 1. The standard InChI is InChI=1S/C27H28F3N3O2/c28-27(29,30)20-9-10-22(23(18-20)24-8-4-5-14-32-24)25(13-17-35-21-6-2-1-3-7-21)33-26(34)19-11-15-31-16-12-19/h1-10,14,18-19,25,31H,11-13,15-17H2,(H,33,34)/t25-/m1/s1. The Bertz CT molecular complexity index is 1100. The Morgan fingerprint density at radius 2 is 1.80 bits per heavy atom. The summed E-state index contributed by atoms with van der Waals surface area (Å²) in [5, 5.41) is 6.35. The number of carbonyl (C=O) groups excluding carboxylic acids is 1. The van der Waals surface area contributed by atoms with Gasteiger partial charge < -0.3 is 15.4 Å². The van der Waals surface area contributed by atoms with Crippen LogP contribution in [0.25, 0.3) is 11.3 Å². The van der Waals surface area contributed by atoms with E-state index in [1.54, 1.807) is 24.4 Å². The van der Waals surface area contributed by atoms with Gasteiger partial charge in [-0.15, -0.1) is 0 Å². The number of alkyl halides is 3. The van der Waals surface area contributed by atoms with Gasteiger partial charge in [0.1, 0.15) is 5.75 Å². The minimum Gasteiger partial charge on any atom is -0.494 e. The number of carbonyl (C=O) groups is 1. The maximum Gasteiger partial charge on any atom is 0.416 e. The van der Waals surface area contributed by atoms with Crippen molar-refractivity contribution in [2.24, 2.45) is 5.92 Å². The highest BCUT2D eigenvalue weighted by Crippen LogP contribution is 2.36. The Labute approximate surface area is 202 Å². The summed E-state index contributed by atoms with van der Waals surface area (Å²) in [6.45, 7) is 1.81. The molecule has 3 aromatic rings. The molecule has 0 spiro atoms. The Kier molecular flexibility index (Phi) is 8.02. The van der Waals surface area contributed by atoms with Gasteiger partial charge in [0.15, 0.2) is 0 Å². The lowest BCUT2D eigenvalue weighted by Crippen LogP contribution is -2.40. The third-order valence-corrected chi connectivity index (χ3v) is 6.14. The summed E-state index contributed by atoms with van der Waals surface area (Å²) < 4.78 is 46.5. The zero-order valence-electron chi connectivity index (χ0n) is 19.2. The summed E-state index contributed by atoms with van der Waals surface area (Å²) in [5.41, 5.74) is 0.580. The van der Waals surface area contributed by atoms with Gasteiger partial charge in [-0.05, 0) is 67.9 Å². The fourth-order valence-electron chi connectivity index (χ4n) is 4.27. The normalized spacial score (nSPS) is 15.4. The first-order chi connectivity index (χ1) is 16.9. The lowest BCUT2D eigenvalue weighted by molar-refractivity contribution is -0.137. The number of benzene rings is 2. The molecular formula is C27H28F3N3O2. The molecule has 35 heavy (non-hydrogen) atoms. The van der Waals surface area contributed by atoms with Crippen LogP contribution in [-0.4, -0.2) is 30.6 Å². The zero-order valence-corrected chi connectivity index (χ0v) is 19.2. The Balaban J connectivity index is 1.65. The molecule has 0 aliphatic carbocycles. The van der Waals surface area contributed by atoms with Gasteiger partial charge in [0.2, 0.25) is 5.91 Å². The molecule has 2 heterocycles. The number of nitrogens with zero attached hydrogens (tertiary/aromatic N) is 1. The van der Waals surface area contributed by atoms with Gasteiger partial charge in [0.05, 0.1) is 23.9 Å². The number of hydrogen-bond acceptors (Lipinski definition) is 4. The molecule has 184 valence electrons. The molecule has 1 aromatic heterocycles. The third kappa shape index (κ3) is 6.60. The monoisotopic (exact) mass is 483 g/mol. The minimum atomic E-state index is -4.49. The molecule has 0 saturated carbocycles. The van der Waals surface area contributed by atoms with Crippen molar-refractivity contribution in [3.63, 3.8) is 0 Å². The van der Waals surface area contributed by atoms with E-state index >= 15 is 0 Å². The van der Waals surface area contributed by atoms with E-state index in [0.717, 1.165) is 38.1 Å². The van der Waals surface area contributed by atoms with Crippen LogP contribution in [0.5, 0.6) is 5.75 Å². The number of ether oxygens (including phenoxy) is 1. The second kappa shape index (κ2) is 11.4. The smallest absolute Gasteiger partial charge is 0.416 e. The van der Waals surface area contributed by atoms with Crippen LogP contribution in [0.15, 0.2) is 72.9 Å². The molecular weight excluding hydrogens is 455 g/mol. The summed E-state index contributed by atoms with van der Waals surface area (Å²) in [6, 6.07) is 17.5. The highest BCUT2D eigenvalue weighted by molar-refractivity contribution is 5.80. The quantitative estimate of drug-likeness (QED) is 0.451. The average Bonchev–Trinajstić information content (AvgIpc) is 2.89. The van der Waals surface area contributed by atoms with E-state index in [0.29, 0.717) is 29.0 Å². The number of pyridine rings is 1. The maximum atomic E-state index is 13.5. The molecule has 1 saturated heterocycles. The van der Waals surface area contributed by atoms with Crippen molar-refractivity contribution >= 4 is 5.91 Å². The molecule has 0 bridgehead atoms. The van der Waals surface area contributed by atoms with E-state index in [4.69, 9.17) is 4.74 Å². The number of hydrogen-bond donors (Lipinski definition) is 2. The molecule has 1 aliphatic heterocycles. The van der Waals surface area contributed by atoms with Gasteiger partial charge >= 0.3 is 6.18 Å². The van der Waals surface area contributed by atoms with Crippen LogP contribution in [0.4, 0.5) is 13.2 Å². The van der Waals surface area contributed by atoms with Crippen molar-refractivity contribution in [2.45, 2.75) is 31.5 Å². The molecule has 1 fully saturated rings. The Morgan fingerprint density at radius 1 is 1.06 bits per heavy atom. The molecule has 5 nitrogen and oxygen atoms in total. The van der Waals surface area contributed by atoms with Crippen LogP contribution >= 0.6 is 0 Å². The van der Waals surface area contributed by atoms with Crippen LogP contribution in [0, 0.1) is 5.92 Å². The van der Waals surface area contributed by atoms with Gasteiger partial charge in [-0.2, -0.15) is 13.2 Å². The Morgan fingerprint density at radius 3 is 2.49 bits per heavy atom. The number of para-hydroxylation sites is 1. The van der Waals surface area contributed by atoms with Crippen molar-refractivity contribution < 1.29 is 22.7 Å². The second-order valence-corrected chi connectivity index (χ2v) is 8.55. The van der Waals surface area contributed by atoms with Crippen molar-refractivity contribution in [3.05, 3.63) is 84.1 Å². The van der Waals surface area contributed by atoms with E-state index in [1.165, 1.54) is 6.07 Å². The molecule has 2 aromatic carbocycles. The third-order valence-electron chi connectivity index (χ3n) is 6.14. The SMILES string of the molecule is O=C(N[C@H](CCOc1ccccc1)c1ccc(C(F)(F)F)cc1-c1ccccn1)C1CCNCC1. The predicted octanol–water partition coefficient (Wildman–Crippen LogP) is 5.39. The topological polar surface area (TPSA) is 63.2 Å². The van der Waals surface area contributed by atoms with Crippen LogP contribution in [0.3, 0.4) is 0 Å². The lowest BCUT2D eigenvalue weighted by atomic mass is 9.92. The number of piperidine rings is 1. The van der Waals surface area contributed by atoms with Crippen molar-refractivity contribution in [1.29, 1.82) is 0 Å². The van der Waals surface area contributed by atoms with E-state index in [-0.39, 0.29) is 18.4 Å². The van der Waals surface area contributed by atoms with E-state index < -0.39 is 17.8 Å². The minimum absolute atomic E-state index is 0.0944. The molecule has 1 amide bonds. The molecule has 0 unspecified atom stereocenters. The first-order valence-corrected chi connectivity index (χ1v) is 11.7. The lowest BCUT2D eigenvalue weighted by Gasteiger charge is -2.27. The molecule has 2 N–H and O–H groups in total. The molecule has 4 rings (SSSR count). The average molecular weight is 484 g/mol. The van der Waals surface area contributed by atoms with Gasteiger partial charge in [-0.3, -0.25) is 9.78 Å². The van der Waals surface area contributed by atoms with Crippen LogP contribution in [0.1, 0.15) is 36.4 Å². The molecule has 8 heteroatoms. The number of nitrogens with one attached hydrogen (secondary N) is 2. The van der Waals surface area contributed by atoms with E-state index in [9.17, 15) is 18.0 Å². The summed E-state index contributed by atoms with van der Waals surface area (Å²) in [6.07, 6.45) is -1.12. The second-order valence-electron chi connectivity index (χ2n) is 8.55. The fourth-order valence-corrected chi connectivity index (χ4v) is 4.27. The van der Waals surface area contributed by atoms with Crippen LogP contribution in [0.2, 0.25) is 0 Å². The highest BCUT2D eigenvalue weighted by Gasteiger charge is 2.32. The van der Waals surface area contributed by atoms with Crippen molar-refractivity contribution in [1.82, 2.24) is 15.6 Å².